The number of piperidine rings is 1. The normalized spacial score (nSPS) is 15.2. The standard InChI is InChI=1S/C25H26N6O2S/c1-34(33)21-11-7-17(8-12-21)22-3-2-4-23-29-25(30-31(22)23)28-19-9-5-18(6-10-19)24(32)27-20-13-15-26-16-14-20/h2-12,20,26H,13-16H2,1H3,(H,27,32)(H,28,30). The highest BCUT2D eigenvalue weighted by Gasteiger charge is 2.16. The van der Waals surface area contributed by atoms with Crippen molar-refractivity contribution in [1.82, 2.24) is 25.2 Å². The fourth-order valence-electron chi connectivity index (χ4n) is 4.06. The molecule has 0 radical (unpaired) electrons. The maximum Gasteiger partial charge on any atom is 0.251 e. The van der Waals surface area contributed by atoms with Crippen molar-refractivity contribution >= 4 is 34.0 Å². The van der Waals surface area contributed by atoms with Crippen LogP contribution in [-0.2, 0) is 10.8 Å². The molecule has 1 aliphatic rings. The second-order valence-electron chi connectivity index (χ2n) is 8.30. The van der Waals surface area contributed by atoms with Gasteiger partial charge in [0.15, 0.2) is 5.65 Å². The summed E-state index contributed by atoms with van der Waals surface area (Å²) in [5, 5.41) is 14.3. The Morgan fingerprint density at radius 3 is 2.47 bits per heavy atom. The van der Waals surface area contributed by atoms with E-state index in [1.54, 1.807) is 22.9 Å². The van der Waals surface area contributed by atoms with Gasteiger partial charge in [0.2, 0.25) is 5.95 Å². The summed E-state index contributed by atoms with van der Waals surface area (Å²) in [6.07, 6.45) is 3.57. The van der Waals surface area contributed by atoms with Crippen LogP contribution < -0.4 is 16.0 Å². The number of benzene rings is 2. The third-order valence-electron chi connectivity index (χ3n) is 5.92. The van der Waals surface area contributed by atoms with Gasteiger partial charge in [0.1, 0.15) is 0 Å². The van der Waals surface area contributed by atoms with Crippen LogP contribution in [0.15, 0.2) is 71.6 Å². The Labute approximate surface area is 200 Å². The van der Waals surface area contributed by atoms with Crippen molar-refractivity contribution in [2.24, 2.45) is 0 Å². The van der Waals surface area contributed by atoms with Gasteiger partial charge in [-0.2, -0.15) is 4.98 Å². The minimum atomic E-state index is -1.02. The van der Waals surface area contributed by atoms with E-state index in [1.807, 2.05) is 54.6 Å². The Hall–Kier alpha value is -3.56. The molecule has 1 fully saturated rings. The van der Waals surface area contributed by atoms with Crippen molar-refractivity contribution in [2.75, 3.05) is 24.7 Å². The number of nitrogens with zero attached hydrogens (tertiary/aromatic N) is 3. The molecular weight excluding hydrogens is 448 g/mol. The summed E-state index contributed by atoms with van der Waals surface area (Å²) >= 11 is 0. The lowest BCUT2D eigenvalue weighted by molar-refractivity contribution is 0.0929. The molecule has 174 valence electrons. The van der Waals surface area contributed by atoms with Crippen LogP contribution in [0, 0.1) is 0 Å². The number of hydrogen-bond acceptors (Lipinski definition) is 6. The molecule has 1 saturated heterocycles. The number of carbonyl (C=O) groups is 1. The number of aromatic nitrogens is 3. The molecule has 1 aliphatic heterocycles. The second kappa shape index (κ2) is 9.74. The second-order valence-corrected chi connectivity index (χ2v) is 9.67. The lowest BCUT2D eigenvalue weighted by Crippen LogP contribution is -2.42. The molecule has 2 aromatic heterocycles. The van der Waals surface area contributed by atoms with Crippen molar-refractivity contribution < 1.29 is 9.00 Å². The summed E-state index contributed by atoms with van der Waals surface area (Å²) in [5.74, 6) is 0.414. The monoisotopic (exact) mass is 474 g/mol. The smallest absolute Gasteiger partial charge is 0.251 e. The van der Waals surface area contributed by atoms with Gasteiger partial charge in [-0.1, -0.05) is 18.2 Å². The zero-order chi connectivity index (χ0) is 23.5. The molecule has 0 aliphatic carbocycles. The molecule has 0 spiro atoms. The van der Waals surface area contributed by atoms with E-state index in [1.165, 1.54) is 0 Å². The SMILES string of the molecule is CS(=O)c1ccc(-c2cccc3nc(Nc4ccc(C(=O)NC5CCNCC5)cc4)nn23)cc1. The van der Waals surface area contributed by atoms with Gasteiger partial charge in [-0.25, -0.2) is 4.52 Å². The Morgan fingerprint density at radius 1 is 1.03 bits per heavy atom. The summed E-state index contributed by atoms with van der Waals surface area (Å²) in [7, 11) is -1.02. The van der Waals surface area contributed by atoms with E-state index < -0.39 is 10.8 Å². The van der Waals surface area contributed by atoms with E-state index in [4.69, 9.17) is 0 Å². The highest BCUT2D eigenvalue weighted by molar-refractivity contribution is 7.84. The van der Waals surface area contributed by atoms with Crippen LogP contribution in [0.5, 0.6) is 0 Å². The van der Waals surface area contributed by atoms with Crippen molar-refractivity contribution in [3.05, 3.63) is 72.3 Å². The van der Waals surface area contributed by atoms with E-state index in [0.29, 0.717) is 17.2 Å². The molecule has 1 amide bonds. The number of amides is 1. The summed E-state index contributed by atoms with van der Waals surface area (Å²) < 4.78 is 13.5. The summed E-state index contributed by atoms with van der Waals surface area (Å²) in [5.41, 5.74) is 3.98. The molecule has 2 aromatic carbocycles. The van der Waals surface area contributed by atoms with Gasteiger partial charge in [-0.15, -0.1) is 5.10 Å². The summed E-state index contributed by atoms with van der Waals surface area (Å²) in [6, 6.07) is 21.0. The van der Waals surface area contributed by atoms with Crippen molar-refractivity contribution in [3.63, 3.8) is 0 Å². The topological polar surface area (TPSA) is 100 Å². The molecule has 34 heavy (non-hydrogen) atoms. The zero-order valence-corrected chi connectivity index (χ0v) is 19.6. The number of rotatable bonds is 6. The van der Waals surface area contributed by atoms with Gasteiger partial charge < -0.3 is 16.0 Å². The quantitative estimate of drug-likeness (QED) is 0.396. The predicted molar refractivity (Wildman–Crippen MR) is 134 cm³/mol. The third kappa shape index (κ3) is 4.85. The first-order valence-electron chi connectivity index (χ1n) is 11.3. The van der Waals surface area contributed by atoms with E-state index >= 15 is 0 Å². The highest BCUT2D eigenvalue weighted by Crippen LogP contribution is 2.23. The van der Waals surface area contributed by atoms with Gasteiger partial charge in [0.25, 0.3) is 5.91 Å². The molecule has 0 bridgehead atoms. The molecular formula is C25H26N6O2S. The Balaban J connectivity index is 1.31. The van der Waals surface area contributed by atoms with E-state index in [9.17, 15) is 9.00 Å². The zero-order valence-electron chi connectivity index (χ0n) is 18.8. The number of anilines is 2. The first-order chi connectivity index (χ1) is 16.6. The van der Waals surface area contributed by atoms with Crippen LogP contribution in [0.4, 0.5) is 11.6 Å². The molecule has 1 atom stereocenters. The van der Waals surface area contributed by atoms with E-state index in [0.717, 1.165) is 47.8 Å². The van der Waals surface area contributed by atoms with Crippen LogP contribution in [0.25, 0.3) is 16.9 Å². The summed E-state index contributed by atoms with van der Waals surface area (Å²) in [4.78, 5) is 17.9. The molecule has 5 rings (SSSR count). The minimum absolute atomic E-state index is 0.0492. The first-order valence-corrected chi connectivity index (χ1v) is 12.8. The van der Waals surface area contributed by atoms with E-state index in [-0.39, 0.29) is 11.9 Å². The van der Waals surface area contributed by atoms with Gasteiger partial charge in [-0.05, 0) is 74.5 Å². The number of hydrogen-bond donors (Lipinski definition) is 3. The van der Waals surface area contributed by atoms with Gasteiger partial charge in [0.05, 0.1) is 5.69 Å². The molecule has 3 heterocycles. The first kappa shape index (κ1) is 22.2. The molecule has 8 nitrogen and oxygen atoms in total. The van der Waals surface area contributed by atoms with Crippen LogP contribution in [0.2, 0.25) is 0 Å². The average molecular weight is 475 g/mol. The van der Waals surface area contributed by atoms with E-state index in [2.05, 4.69) is 26.0 Å². The van der Waals surface area contributed by atoms with Gasteiger partial charge >= 0.3 is 0 Å². The highest BCUT2D eigenvalue weighted by atomic mass is 32.2. The largest absolute Gasteiger partial charge is 0.349 e. The number of nitrogens with one attached hydrogen (secondary N) is 3. The maximum absolute atomic E-state index is 12.5. The molecule has 9 heteroatoms. The van der Waals surface area contributed by atoms with Crippen LogP contribution in [0.1, 0.15) is 23.2 Å². The maximum atomic E-state index is 12.5. The van der Waals surface area contributed by atoms with Crippen molar-refractivity contribution in [2.45, 2.75) is 23.8 Å². The van der Waals surface area contributed by atoms with Crippen molar-refractivity contribution in [3.8, 4) is 11.3 Å². The fourth-order valence-corrected chi connectivity index (χ4v) is 4.58. The Kier molecular flexibility index (Phi) is 6.37. The van der Waals surface area contributed by atoms with Gasteiger partial charge in [0, 0.05) is 44.8 Å². The molecule has 1 unspecified atom stereocenters. The lowest BCUT2D eigenvalue weighted by atomic mass is 10.1. The van der Waals surface area contributed by atoms with Crippen LogP contribution >= 0.6 is 0 Å². The number of fused-ring (bicyclic) bond motifs is 1. The number of carbonyl (C=O) groups excluding carboxylic acids is 1. The predicted octanol–water partition coefficient (Wildman–Crippen LogP) is 3.36. The van der Waals surface area contributed by atoms with Gasteiger partial charge in [-0.3, -0.25) is 9.00 Å². The molecule has 3 N–H and O–H groups in total. The average Bonchev–Trinajstić information content (AvgIpc) is 3.27. The fraction of sp³-hybridized carbons (Fsp3) is 0.240. The summed E-state index contributed by atoms with van der Waals surface area (Å²) in [6.45, 7) is 1.87. The molecule has 0 saturated carbocycles. The van der Waals surface area contributed by atoms with Crippen LogP contribution in [-0.4, -0.2) is 50.1 Å². The Morgan fingerprint density at radius 2 is 1.76 bits per heavy atom. The lowest BCUT2D eigenvalue weighted by Gasteiger charge is -2.23. The number of pyridine rings is 1. The molecule has 4 aromatic rings. The van der Waals surface area contributed by atoms with Crippen molar-refractivity contribution in [1.29, 1.82) is 0 Å². The third-order valence-corrected chi connectivity index (χ3v) is 6.86. The minimum Gasteiger partial charge on any atom is -0.349 e. The van der Waals surface area contributed by atoms with Crippen LogP contribution in [0.3, 0.4) is 0 Å². The Bertz CT molecular complexity index is 1330.